The molecule has 1 amide bonds. The molecular weight excluding hydrogens is 218 g/mol. The van der Waals surface area contributed by atoms with E-state index in [2.05, 4.69) is 10.3 Å². The summed E-state index contributed by atoms with van der Waals surface area (Å²) in [6.07, 6.45) is 0.861. The second-order valence-corrected chi connectivity index (χ2v) is 3.92. The van der Waals surface area contributed by atoms with Gasteiger partial charge >= 0.3 is 5.97 Å². The summed E-state index contributed by atoms with van der Waals surface area (Å²) < 4.78 is 0. The van der Waals surface area contributed by atoms with E-state index in [4.69, 9.17) is 0 Å². The van der Waals surface area contributed by atoms with Gasteiger partial charge in [0, 0.05) is 12.5 Å². The second-order valence-electron chi connectivity index (χ2n) is 3.92. The third-order valence-corrected chi connectivity index (χ3v) is 2.68. The predicted molar refractivity (Wildman–Crippen MR) is 64.5 cm³/mol. The fourth-order valence-electron chi connectivity index (χ4n) is 1.79. The van der Waals surface area contributed by atoms with Gasteiger partial charge < -0.3 is 4.84 Å². The molecule has 92 valence electrons. The highest BCUT2D eigenvalue weighted by Gasteiger charge is 2.15. The van der Waals surface area contributed by atoms with E-state index < -0.39 is 5.97 Å². The zero-order valence-corrected chi connectivity index (χ0v) is 10.6. The van der Waals surface area contributed by atoms with Crippen LogP contribution in [0.1, 0.15) is 40.9 Å². The molecule has 17 heavy (non-hydrogen) atoms. The minimum atomic E-state index is -0.541. The molecule has 0 aliphatic rings. The Morgan fingerprint density at radius 1 is 1.29 bits per heavy atom. The van der Waals surface area contributed by atoms with E-state index >= 15 is 0 Å². The molecule has 4 nitrogen and oxygen atoms in total. The topological polar surface area (TPSA) is 55.4 Å². The summed E-state index contributed by atoms with van der Waals surface area (Å²) >= 11 is 0. The van der Waals surface area contributed by atoms with Crippen molar-refractivity contribution in [3.63, 3.8) is 0 Å². The van der Waals surface area contributed by atoms with Crippen LogP contribution in [-0.2, 0) is 16.1 Å². The van der Waals surface area contributed by atoms with Crippen LogP contribution in [0.5, 0.6) is 0 Å². The van der Waals surface area contributed by atoms with Crippen molar-refractivity contribution in [1.29, 1.82) is 0 Å². The molecule has 0 aliphatic heterocycles. The van der Waals surface area contributed by atoms with Crippen LogP contribution < -0.4 is 5.48 Å². The smallest absolute Gasteiger partial charge is 0.329 e. The first kappa shape index (κ1) is 13.2. The van der Waals surface area contributed by atoms with E-state index in [1.165, 1.54) is 6.92 Å². The number of benzene rings is 1. The van der Waals surface area contributed by atoms with Gasteiger partial charge in [-0.1, -0.05) is 19.1 Å². The standard InChI is InChI=1S/C13H17NO3/c1-5-11-7-6-8(2)12(9(11)3)13(16)14-17-10(4)15/h6-7H,5H2,1-4H3,(H,14,16). The van der Waals surface area contributed by atoms with Gasteiger partial charge in [0.25, 0.3) is 5.91 Å². The molecule has 0 radical (unpaired) electrons. The van der Waals surface area contributed by atoms with Crippen molar-refractivity contribution in [3.05, 3.63) is 34.4 Å². The molecule has 1 aromatic rings. The zero-order chi connectivity index (χ0) is 13.0. The quantitative estimate of drug-likeness (QED) is 0.798. The molecule has 0 unspecified atom stereocenters. The lowest BCUT2D eigenvalue weighted by Crippen LogP contribution is -2.27. The molecule has 0 atom stereocenters. The van der Waals surface area contributed by atoms with Crippen LogP contribution in [0.4, 0.5) is 0 Å². The minimum Gasteiger partial charge on any atom is -0.341 e. The van der Waals surface area contributed by atoms with Crippen LogP contribution in [0.15, 0.2) is 12.1 Å². The molecule has 0 aliphatic carbocycles. The minimum absolute atomic E-state index is 0.384. The summed E-state index contributed by atoms with van der Waals surface area (Å²) in [6, 6.07) is 3.90. The second kappa shape index (κ2) is 5.48. The lowest BCUT2D eigenvalue weighted by atomic mass is 9.96. The van der Waals surface area contributed by atoms with Gasteiger partial charge in [-0.3, -0.25) is 9.59 Å². The number of rotatable bonds is 2. The van der Waals surface area contributed by atoms with E-state index in [1.807, 2.05) is 32.9 Å². The van der Waals surface area contributed by atoms with Crippen molar-refractivity contribution >= 4 is 11.9 Å². The highest BCUT2D eigenvalue weighted by atomic mass is 16.7. The van der Waals surface area contributed by atoms with Crippen LogP contribution in [0, 0.1) is 13.8 Å². The van der Waals surface area contributed by atoms with Gasteiger partial charge in [0.2, 0.25) is 0 Å². The number of hydrogen-bond donors (Lipinski definition) is 1. The van der Waals surface area contributed by atoms with Gasteiger partial charge in [-0.05, 0) is 37.0 Å². The molecule has 1 N–H and O–H groups in total. The molecule has 0 saturated carbocycles. The molecule has 1 aromatic carbocycles. The third kappa shape index (κ3) is 3.06. The maximum atomic E-state index is 11.9. The monoisotopic (exact) mass is 235 g/mol. The fraction of sp³-hybridized carbons (Fsp3) is 0.385. The average molecular weight is 235 g/mol. The number of aryl methyl sites for hydroxylation is 2. The van der Waals surface area contributed by atoms with Crippen molar-refractivity contribution in [2.45, 2.75) is 34.1 Å². The van der Waals surface area contributed by atoms with E-state index in [0.717, 1.165) is 23.1 Å². The SMILES string of the molecule is CCc1ccc(C)c(C(=O)NOC(C)=O)c1C. The third-order valence-electron chi connectivity index (χ3n) is 2.68. The highest BCUT2D eigenvalue weighted by molar-refractivity contribution is 5.97. The number of nitrogens with one attached hydrogen (secondary N) is 1. The van der Waals surface area contributed by atoms with Gasteiger partial charge in [-0.2, -0.15) is 5.48 Å². The summed E-state index contributed by atoms with van der Waals surface area (Å²) in [7, 11) is 0. The maximum absolute atomic E-state index is 11.9. The molecule has 0 heterocycles. The summed E-state index contributed by atoms with van der Waals surface area (Å²) in [6.45, 7) is 7.03. The number of amides is 1. The average Bonchev–Trinajstić information content (AvgIpc) is 2.26. The number of carbonyl (C=O) groups excluding carboxylic acids is 2. The Morgan fingerprint density at radius 3 is 2.47 bits per heavy atom. The molecule has 1 rings (SSSR count). The summed E-state index contributed by atoms with van der Waals surface area (Å²) in [5.74, 6) is -0.925. The van der Waals surface area contributed by atoms with Gasteiger partial charge in [-0.15, -0.1) is 0 Å². The Morgan fingerprint density at radius 2 is 1.94 bits per heavy atom. The Hall–Kier alpha value is -1.84. The van der Waals surface area contributed by atoms with Crippen LogP contribution in [0.3, 0.4) is 0 Å². The predicted octanol–water partition coefficient (Wildman–Crippen LogP) is 2.07. The van der Waals surface area contributed by atoms with Crippen LogP contribution in [0.25, 0.3) is 0 Å². The van der Waals surface area contributed by atoms with Crippen LogP contribution in [-0.4, -0.2) is 11.9 Å². The van der Waals surface area contributed by atoms with Gasteiger partial charge in [-0.25, -0.2) is 0 Å². The summed E-state index contributed by atoms with van der Waals surface area (Å²) in [5.41, 5.74) is 5.62. The van der Waals surface area contributed by atoms with Crippen molar-refractivity contribution < 1.29 is 14.4 Å². The Balaban J connectivity index is 3.03. The maximum Gasteiger partial charge on any atom is 0.329 e. The van der Waals surface area contributed by atoms with E-state index in [9.17, 15) is 9.59 Å². The Labute approximate surface area is 101 Å². The van der Waals surface area contributed by atoms with Gasteiger partial charge in [0.1, 0.15) is 0 Å². The molecule has 0 fully saturated rings. The van der Waals surface area contributed by atoms with Crippen molar-refractivity contribution in [2.24, 2.45) is 0 Å². The number of hydrogen-bond acceptors (Lipinski definition) is 3. The molecular formula is C13H17NO3. The van der Waals surface area contributed by atoms with Gasteiger partial charge in [0.05, 0.1) is 0 Å². The largest absolute Gasteiger partial charge is 0.341 e. The van der Waals surface area contributed by atoms with Crippen LogP contribution >= 0.6 is 0 Å². The number of carbonyl (C=O) groups is 2. The van der Waals surface area contributed by atoms with E-state index in [1.54, 1.807) is 0 Å². The fourth-order valence-corrected chi connectivity index (χ4v) is 1.79. The van der Waals surface area contributed by atoms with Gasteiger partial charge in [0.15, 0.2) is 0 Å². The molecule has 0 spiro atoms. The van der Waals surface area contributed by atoms with Crippen LogP contribution in [0.2, 0.25) is 0 Å². The van der Waals surface area contributed by atoms with E-state index in [0.29, 0.717) is 5.56 Å². The normalized spacial score (nSPS) is 9.88. The van der Waals surface area contributed by atoms with Crippen molar-refractivity contribution in [3.8, 4) is 0 Å². The summed E-state index contributed by atoms with van der Waals surface area (Å²) in [5, 5.41) is 0. The molecule has 0 saturated heterocycles. The lowest BCUT2D eigenvalue weighted by molar-refractivity contribution is -0.146. The molecule has 4 heteroatoms. The molecule has 0 aromatic heterocycles. The first-order chi connectivity index (χ1) is 7.97. The van der Waals surface area contributed by atoms with E-state index in [-0.39, 0.29) is 5.91 Å². The zero-order valence-electron chi connectivity index (χ0n) is 10.6. The Bertz CT molecular complexity index is 452. The lowest BCUT2D eigenvalue weighted by Gasteiger charge is -2.12. The summed E-state index contributed by atoms with van der Waals surface area (Å²) in [4.78, 5) is 27.0. The highest BCUT2D eigenvalue weighted by Crippen LogP contribution is 2.18. The first-order valence-electron chi connectivity index (χ1n) is 5.54. The molecule has 0 bridgehead atoms. The Kier molecular flexibility index (Phi) is 4.26. The first-order valence-corrected chi connectivity index (χ1v) is 5.54. The number of hydroxylamine groups is 1. The van der Waals surface area contributed by atoms with Crippen molar-refractivity contribution in [2.75, 3.05) is 0 Å². The van der Waals surface area contributed by atoms with Crippen molar-refractivity contribution in [1.82, 2.24) is 5.48 Å².